The summed E-state index contributed by atoms with van der Waals surface area (Å²) in [7, 11) is 0. The molecule has 2 radical (unpaired) electrons. The first kappa shape index (κ1) is 36.8. The van der Waals surface area contributed by atoms with Crippen LogP contribution in [0.2, 0.25) is 0 Å². The third kappa shape index (κ3) is 86.6. The summed E-state index contributed by atoms with van der Waals surface area (Å²) >= 11 is 0. The van der Waals surface area contributed by atoms with Crippen molar-refractivity contribution in [2.45, 2.75) is 54.9 Å². The third-order valence-corrected chi connectivity index (χ3v) is 0.816. The van der Waals surface area contributed by atoms with E-state index in [1.165, 1.54) is 6.42 Å². The molecule has 0 saturated carbocycles. The maximum atomic E-state index is 2.22. The normalized spacial score (nSPS) is 5.00. The standard InChI is InChI=1S/C5H12.2C2H6.CH3.2Y/c1-4-5(2)3;2*1-2;;;/h5H,4H2,1-3H3;2*1-2H3;1H3;;/q;;;-1;;. The van der Waals surface area contributed by atoms with E-state index in [-0.39, 0.29) is 72.8 Å². The van der Waals surface area contributed by atoms with E-state index in [0.717, 1.165) is 5.92 Å². The Labute approximate surface area is 132 Å². The molecular weight excluding hydrogens is 298 g/mol. The van der Waals surface area contributed by atoms with E-state index in [9.17, 15) is 0 Å². The Kier molecular flexibility index (Phi) is 157. The topological polar surface area (TPSA) is 0 Å². The molecule has 0 fully saturated rings. The molecule has 0 amide bonds. The molecule has 74 valence electrons. The van der Waals surface area contributed by atoms with Gasteiger partial charge in [0.25, 0.3) is 0 Å². The number of rotatable bonds is 1. The maximum absolute atomic E-state index is 2.22. The zero-order valence-electron chi connectivity index (χ0n) is 10.4. The van der Waals surface area contributed by atoms with Crippen molar-refractivity contribution in [1.82, 2.24) is 0 Å². The van der Waals surface area contributed by atoms with Gasteiger partial charge in [0, 0.05) is 65.4 Å². The summed E-state index contributed by atoms with van der Waals surface area (Å²) in [5.41, 5.74) is 0. The van der Waals surface area contributed by atoms with Crippen LogP contribution in [0.3, 0.4) is 0 Å². The van der Waals surface area contributed by atoms with Gasteiger partial charge in [-0.15, -0.1) is 0 Å². The van der Waals surface area contributed by atoms with Crippen LogP contribution in [-0.4, -0.2) is 0 Å². The molecule has 0 saturated heterocycles. The maximum Gasteiger partial charge on any atom is 0 e. The first-order chi connectivity index (χ1) is 4.27. The minimum atomic E-state index is 0. The first-order valence-corrected chi connectivity index (χ1v) is 4.27. The molecule has 0 aromatic carbocycles. The smallest absolute Gasteiger partial charge is 0 e. The predicted molar refractivity (Wildman–Crippen MR) is 54.2 cm³/mol. The van der Waals surface area contributed by atoms with Crippen molar-refractivity contribution >= 4 is 0 Å². The summed E-state index contributed by atoms with van der Waals surface area (Å²) in [6, 6.07) is 0. The van der Waals surface area contributed by atoms with E-state index in [4.69, 9.17) is 0 Å². The fourth-order valence-corrected chi connectivity index (χ4v) is 0. The Hall–Kier alpha value is 2.21. The number of hydrogen-bond donors (Lipinski definition) is 0. The molecule has 0 bridgehead atoms. The van der Waals surface area contributed by atoms with E-state index < -0.39 is 0 Å². The van der Waals surface area contributed by atoms with Crippen LogP contribution in [-0.2, 0) is 65.4 Å². The molecule has 2 heteroatoms. The fraction of sp³-hybridized carbons (Fsp3) is 0.900. The van der Waals surface area contributed by atoms with Crippen LogP contribution in [0.25, 0.3) is 0 Å². The summed E-state index contributed by atoms with van der Waals surface area (Å²) < 4.78 is 0. The quantitative estimate of drug-likeness (QED) is 0.621. The van der Waals surface area contributed by atoms with Crippen molar-refractivity contribution in [3.63, 3.8) is 0 Å². The average Bonchev–Trinajstić information content (AvgIpc) is 1.97. The van der Waals surface area contributed by atoms with Crippen molar-refractivity contribution in [2.24, 2.45) is 5.92 Å². The van der Waals surface area contributed by atoms with Crippen LogP contribution in [0.4, 0.5) is 0 Å². The summed E-state index contributed by atoms with van der Waals surface area (Å²) in [5.74, 6) is 0.884. The molecule has 0 aromatic rings. The van der Waals surface area contributed by atoms with Crippen LogP contribution < -0.4 is 0 Å². The Morgan fingerprint density at radius 1 is 0.833 bits per heavy atom. The molecule has 0 aliphatic carbocycles. The Morgan fingerprint density at radius 2 is 0.917 bits per heavy atom. The van der Waals surface area contributed by atoms with Crippen LogP contribution in [0.1, 0.15) is 54.9 Å². The molecular formula is C10H27Y2-. The molecule has 0 aliphatic rings. The molecule has 0 heterocycles. The number of hydrogen-bond acceptors (Lipinski definition) is 0. The molecule has 12 heavy (non-hydrogen) atoms. The predicted octanol–water partition coefficient (Wildman–Crippen LogP) is 4.55. The van der Waals surface area contributed by atoms with Gasteiger partial charge in [0.2, 0.25) is 0 Å². The van der Waals surface area contributed by atoms with Gasteiger partial charge in [-0.1, -0.05) is 54.9 Å². The fourth-order valence-electron chi connectivity index (χ4n) is 0. The van der Waals surface area contributed by atoms with Crippen LogP contribution >= 0.6 is 0 Å². The molecule has 0 aromatic heterocycles. The van der Waals surface area contributed by atoms with Crippen molar-refractivity contribution in [2.75, 3.05) is 0 Å². The van der Waals surface area contributed by atoms with Gasteiger partial charge < -0.3 is 7.43 Å². The second kappa shape index (κ2) is 51.1. The van der Waals surface area contributed by atoms with E-state index >= 15 is 0 Å². The van der Waals surface area contributed by atoms with Gasteiger partial charge in [0.15, 0.2) is 0 Å². The Balaban J connectivity index is -0.0000000116. The largest absolute Gasteiger partial charge is 0.358 e. The second-order valence-corrected chi connectivity index (χ2v) is 1.80. The first-order valence-electron chi connectivity index (χ1n) is 4.27. The molecule has 0 unspecified atom stereocenters. The summed E-state index contributed by atoms with van der Waals surface area (Å²) in [6.45, 7) is 14.6. The van der Waals surface area contributed by atoms with Crippen molar-refractivity contribution in [3.05, 3.63) is 7.43 Å². The van der Waals surface area contributed by atoms with E-state index in [1.807, 2.05) is 27.7 Å². The molecule has 0 rings (SSSR count). The Morgan fingerprint density at radius 3 is 0.917 bits per heavy atom. The van der Waals surface area contributed by atoms with Crippen molar-refractivity contribution < 1.29 is 65.4 Å². The summed E-state index contributed by atoms with van der Waals surface area (Å²) in [4.78, 5) is 0. The van der Waals surface area contributed by atoms with E-state index in [1.54, 1.807) is 0 Å². The summed E-state index contributed by atoms with van der Waals surface area (Å²) in [6.07, 6.45) is 1.31. The Bertz CT molecular complexity index is 21.8. The zero-order chi connectivity index (χ0) is 8.28. The SMILES string of the molecule is CC.CC.CCC(C)C.[CH3-].[Y].[Y]. The van der Waals surface area contributed by atoms with Gasteiger partial charge in [0.05, 0.1) is 0 Å². The van der Waals surface area contributed by atoms with Gasteiger partial charge in [0.1, 0.15) is 0 Å². The monoisotopic (exact) mass is 325 g/mol. The van der Waals surface area contributed by atoms with Gasteiger partial charge in [-0.3, -0.25) is 0 Å². The van der Waals surface area contributed by atoms with E-state index in [2.05, 4.69) is 20.8 Å². The minimum Gasteiger partial charge on any atom is -0.358 e. The molecule has 0 aliphatic heterocycles. The van der Waals surface area contributed by atoms with Crippen LogP contribution in [0.5, 0.6) is 0 Å². The van der Waals surface area contributed by atoms with Gasteiger partial charge in [-0.25, -0.2) is 0 Å². The van der Waals surface area contributed by atoms with Gasteiger partial charge in [-0.05, 0) is 5.92 Å². The molecule has 0 N–H and O–H groups in total. The van der Waals surface area contributed by atoms with E-state index in [0.29, 0.717) is 0 Å². The summed E-state index contributed by atoms with van der Waals surface area (Å²) in [5, 5.41) is 0. The van der Waals surface area contributed by atoms with Gasteiger partial charge >= 0.3 is 0 Å². The van der Waals surface area contributed by atoms with Crippen molar-refractivity contribution in [1.29, 1.82) is 0 Å². The van der Waals surface area contributed by atoms with Gasteiger partial charge in [-0.2, -0.15) is 0 Å². The molecule has 0 nitrogen and oxygen atoms in total. The van der Waals surface area contributed by atoms with Crippen LogP contribution in [0, 0.1) is 13.3 Å². The van der Waals surface area contributed by atoms with Crippen molar-refractivity contribution in [3.8, 4) is 0 Å². The zero-order valence-corrected chi connectivity index (χ0v) is 16.1. The third-order valence-electron chi connectivity index (χ3n) is 0.816. The molecule has 0 spiro atoms. The minimum absolute atomic E-state index is 0. The average molecular weight is 325 g/mol. The molecule has 0 atom stereocenters. The second-order valence-electron chi connectivity index (χ2n) is 1.80. The van der Waals surface area contributed by atoms with Crippen LogP contribution in [0.15, 0.2) is 0 Å².